The zero-order chi connectivity index (χ0) is 9.42. The lowest BCUT2D eigenvalue weighted by atomic mass is 10.2. The number of carbonyl (C=O) groups is 1. The average molecular weight is 195 g/mol. The van der Waals surface area contributed by atoms with Gasteiger partial charge in [-0.05, 0) is 24.9 Å². The Balaban J connectivity index is 2.82. The molecule has 13 heavy (non-hydrogen) atoms. The third-order valence-electron chi connectivity index (χ3n) is 1.63. The Morgan fingerprint density at radius 1 is 1.46 bits per heavy atom. The highest BCUT2D eigenvalue weighted by atomic mass is 32.1. The SMILES string of the molecule is O=C(O)c1cccc2nn(S)nc12. The number of carboxylic acids is 1. The van der Waals surface area contributed by atoms with E-state index in [-0.39, 0.29) is 5.56 Å². The van der Waals surface area contributed by atoms with E-state index in [4.69, 9.17) is 5.11 Å². The van der Waals surface area contributed by atoms with Crippen LogP contribution >= 0.6 is 12.8 Å². The topological polar surface area (TPSA) is 68.0 Å². The number of benzene rings is 1. The Bertz CT molecular complexity index is 480. The van der Waals surface area contributed by atoms with Crippen LogP contribution in [0.2, 0.25) is 0 Å². The first-order valence-corrected chi connectivity index (χ1v) is 3.87. The highest BCUT2D eigenvalue weighted by Crippen LogP contribution is 2.14. The van der Waals surface area contributed by atoms with Gasteiger partial charge >= 0.3 is 5.97 Å². The number of rotatable bonds is 1. The Hall–Kier alpha value is -1.56. The number of aromatic nitrogens is 3. The lowest BCUT2D eigenvalue weighted by molar-refractivity contribution is 0.0699. The van der Waals surface area contributed by atoms with Gasteiger partial charge in [0, 0.05) is 0 Å². The van der Waals surface area contributed by atoms with E-state index in [1.165, 1.54) is 6.07 Å². The van der Waals surface area contributed by atoms with E-state index in [1.807, 2.05) is 0 Å². The van der Waals surface area contributed by atoms with Gasteiger partial charge < -0.3 is 5.11 Å². The summed E-state index contributed by atoms with van der Waals surface area (Å²) in [7, 11) is 0. The number of hydrogen-bond donors (Lipinski definition) is 2. The largest absolute Gasteiger partial charge is 0.478 e. The molecule has 2 rings (SSSR count). The number of aromatic carboxylic acids is 1. The molecule has 0 atom stereocenters. The van der Waals surface area contributed by atoms with E-state index >= 15 is 0 Å². The molecule has 0 aliphatic heterocycles. The first kappa shape index (κ1) is 8.06. The van der Waals surface area contributed by atoms with Crippen molar-refractivity contribution >= 4 is 29.8 Å². The summed E-state index contributed by atoms with van der Waals surface area (Å²) in [6, 6.07) is 4.78. The van der Waals surface area contributed by atoms with Gasteiger partial charge in [-0.3, -0.25) is 0 Å². The third-order valence-corrected chi connectivity index (χ3v) is 1.81. The molecule has 0 spiro atoms. The van der Waals surface area contributed by atoms with Crippen LogP contribution in [0.15, 0.2) is 18.2 Å². The molecule has 2 aromatic rings. The van der Waals surface area contributed by atoms with Crippen LogP contribution in [0.25, 0.3) is 11.0 Å². The number of fused-ring (bicyclic) bond motifs is 1. The molecule has 0 aliphatic rings. The minimum absolute atomic E-state index is 0.137. The Labute approximate surface area is 78.5 Å². The van der Waals surface area contributed by atoms with Crippen molar-refractivity contribution in [3.8, 4) is 0 Å². The van der Waals surface area contributed by atoms with Gasteiger partial charge in [0.2, 0.25) is 0 Å². The predicted octanol–water partition coefficient (Wildman–Crippen LogP) is 0.822. The Kier molecular flexibility index (Phi) is 1.70. The summed E-state index contributed by atoms with van der Waals surface area (Å²) < 4.78 is 1.05. The molecular weight excluding hydrogens is 190 g/mol. The number of nitrogens with zero attached hydrogens (tertiary/aromatic N) is 3. The molecular formula is C7H5N3O2S. The van der Waals surface area contributed by atoms with E-state index in [0.717, 1.165) is 4.20 Å². The first-order chi connectivity index (χ1) is 6.18. The van der Waals surface area contributed by atoms with Crippen LogP contribution in [0, 0.1) is 0 Å². The molecule has 0 fully saturated rings. The standard InChI is InChI=1S/C7H5N3O2S/c11-7(12)4-2-1-3-5-6(4)9-10(13)8-5/h1-3,13H,(H,11,12). The molecule has 0 amide bonds. The van der Waals surface area contributed by atoms with Gasteiger partial charge in [-0.1, -0.05) is 6.07 Å². The molecule has 0 saturated carbocycles. The van der Waals surface area contributed by atoms with Crippen molar-refractivity contribution in [1.29, 1.82) is 0 Å². The summed E-state index contributed by atoms with van der Waals surface area (Å²) in [5.74, 6) is -1.01. The Morgan fingerprint density at radius 2 is 2.23 bits per heavy atom. The van der Waals surface area contributed by atoms with Gasteiger partial charge in [0.1, 0.15) is 11.0 Å². The van der Waals surface area contributed by atoms with Crippen molar-refractivity contribution in [3.63, 3.8) is 0 Å². The maximum atomic E-state index is 10.7. The van der Waals surface area contributed by atoms with Crippen molar-refractivity contribution in [1.82, 2.24) is 14.4 Å². The van der Waals surface area contributed by atoms with E-state index in [2.05, 4.69) is 23.0 Å². The van der Waals surface area contributed by atoms with Gasteiger partial charge in [0.25, 0.3) is 0 Å². The molecule has 1 heterocycles. The zero-order valence-corrected chi connectivity index (χ0v) is 7.27. The molecule has 5 nitrogen and oxygen atoms in total. The molecule has 0 bridgehead atoms. The van der Waals surface area contributed by atoms with Crippen molar-refractivity contribution in [2.24, 2.45) is 0 Å². The minimum Gasteiger partial charge on any atom is -0.478 e. The average Bonchev–Trinajstić information content (AvgIpc) is 2.43. The minimum atomic E-state index is -1.01. The highest BCUT2D eigenvalue weighted by molar-refractivity contribution is 7.78. The highest BCUT2D eigenvalue weighted by Gasteiger charge is 2.11. The second-order valence-corrected chi connectivity index (χ2v) is 2.80. The van der Waals surface area contributed by atoms with Gasteiger partial charge in [0.05, 0.1) is 5.56 Å². The number of carboxylic acid groups (broad SMARTS) is 1. The second-order valence-electron chi connectivity index (χ2n) is 2.45. The van der Waals surface area contributed by atoms with Crippen molar-refractivity contribution in [3.05, 3.63) is 23.8 Å². The lowest BCUT2D eigenvalue weighted by Gasteiger charge is -1.91. The summed E-state index contributed by atoms with van der Waals surface area (Å²) >= 11 is 3.86. The molecule has 0 saturated heterocycles. The van der Waals surface area contributed by atoms with E-state index in [0.29, 0.717) is 11.0 Å². The van der Waals surface area contributed by atoms with Gasteiger partial charge in [0.15, 0.2) is 0 Å². The van der Waals surface area contributed by atoms with Crippen LogP contribution in [0.3, 0.4) is 0 Å². The monoisotopic (exact) mass is 195 g/mol. The molecule has 1 N–H and O–H groups in total. The summed E-state index contributed by atoms with van der Waals surface area (Å²) in [4.78, 5) is 10.7. The zero-order valence-electron chi connectivity index (χ0n) is 6.38. The van der Waals surface area contributed by atoms with E-state index in [9.17, 15) is 4.79 Å². The molecule has 66 valence electrons. The van der Waals surface area contributed by atoms with Gasteiger partial charge in [-0.25, -0.2) is 4.79 Å². The molecule has 0 radical (unpaired) electrons. The fourth-order valence-electron chi connectivity index (χ4n) is 1.10. The maximum absolute atomic E-state index is 10.7. The second kappa shape index (κ2) is 2.74. The molecule has 6 heteroatoms. The van der Waals surface area contributed by atoms with Crippen LogP contribution in [0.1, 0.15) is 10.4 Å². The normalized spacial score (nSPS) is 10.5. The van der Waals surface area contributed by atoms with Gasteiger partial charge in [-0.15, -0.1) is 14.4 Å². The van der Waals surface area contributed by atoms with Crippen LogP contribution in [0.4, 0.5) is 0 Å². The van der Waals surface area contributed by atoms with Crippen molar-refractivity contribution < 1.29 is 9.90 Å². The van der Waals surface area contributed by atoms with E-state index < -0.39 is 5.97 Å². The van der Waals surface area contributed by atoms with Crippen LogP contribution in [-0.2, 0) is 0 Å². The van der Waals surface area contributed by atoms with Crippen LogP contribution in [-0.4, -0.2) is 25.5 Å². The first-order valence-electron chi connectivity index (χ1n) is 3.47. The smallest absolute Gasteiger partial charge is 0.338 e. The number of hydrogen-bond acceptors (Lipinski definition) is 4. The summed E-state index contributed by atoms with van der Waals surface area (Å²) in [5.41, 5.74) is 1.01. The Morgan fingerprint density at radius 3 is 2.92 bits per heavy atom. The van der Waals surface area contributed by atoms with E-state index in [1.54, 1.807) is 12.1 Å². The van der Waals surface area contributed by atoms with Crippen LogP contribution in [0.5, 0.6) is 0 Å². The molecule has 1 aromatic heterocycles. The van der Waals surface area contributed by atoms with Crippen molar-refractivity contribution in [2.45, 2.75) is 0 Å². The molecule has 0 aliphatic carbocycles. The summed E-state index contributed by atoms with van der Waals surface area (Å²) in [6.45, 7) is 0. The molecule has 1 aromatic carbocycles. The van der Waals surface area contributed by atoms with Gasteiger partial charge in [-0.2, -0.15) is 0 Å². The lowest BCUT2D eigenvalue weighted by Crippen LogP contribution is -1.97. The number of thiol groups is 1. The van der Waals surface area contributed by atoms with Crippen molar-refractivity contribution in [2.75, 3.05) is 0 Å². The quantitative estimate of drug-likeness (QED) is 0.661. The summed E-state index contributed by atoms with van der Waals surface area (Å²) in [6.07, 6.45) is 0. The predicted molar refractivity (Wildman–Crippen MR) is 48.9 cm³/mol. The third kappa shape index (κ3) is 1.25. The fourth-order valence-corrected chi connectivity index (χ4v) is 1.28. The van der Waals surface area contributed by atoms with Crippen LogP contribution < -0.4 is 0 Å². The fraction of sp³-hybridized carbons (Fsp3) is 0. The molecule has 0 unspecified atom stereocenters. The summed E-state index contributed by atoms with van der Waals surface area (Å²) in [5, 5.41) is 16.5. The maximum Gasteiger partial charge on any atom is 0.338 e.